The first-order chi connectivity index (χ1) is 15.5. The van der Waals surface area contributed by atoms with Crippen LogP contribution in [0.15, 0.2) is 90.9 Å². The molecule has 0 aliphatic rings. The third-order valence-corrected chi connectivity index (χ3v) is 5.11. The first-order valence-corrected chi connectivity index (χ1v) is 11.7. The molecule has 1 aromatic rings. The molecular weight excluding hydrogens is 414 g/mol. The van der Waals surface area contributed by atoms with Gasteiger partial charge in [0.2, 0.25) is 0 Å². The Kier molecular flexibility index (Phi) is 14.6. The molecule has 0 amide bonds. The second-order valence-corrected chi connectivity index (χ2v) is 8.01. The van der Waals surface area contributed by atoms with Crippen molar-refractivity contribution in [1.82, 2.24) is 4.98 Å². The van der Waals surface area contributed by atoms with Gasteiger partial charge in [0.1, 0.15) is 5.69 Å². The molecule has 0 aliphatic carbocycles. The molecule has 0 spiro atoms. The van der Waals surface area contributed by atoms with E-state index in [2.05, 4.69) is 63.8 Å². The Morgan fingerprint density at radius 1 is 1.21 bits per heavy atom. The SMILES string of the molecule is C=C(Nc1ccc(C(C)(F)F)nc1)C(=C\C=C/C)/C(=C/CC)CCC.C=CC(=C)[C@@H](C)CC. The standard InChI is InChI=1S/C21H28F2N2.C8H14/c1-6-9-12-19(17(10-7-2)11-8-3)16(4)25-18-13-14-20(24-15-18)21(5,22)23;1-5-7(3)8(4)6-2/h6,9-10,12-15,25H,4,7-8,11H2,1-3,5H3;5,8H,1,3,6H2,2,4H3/b9-6-,17-10+,19-12+;/t;8-/m.0/s1. The summed E-state index contributed by atoms with van der Waals surface area (Å²) < 4.78 is 26.5. The van der Waals surface area contributed by atoms with E-state index in [-0.39, 0.29) is 5.69 Å². The first-order valence-electron chi connectivity index (χ1n) is 11.7. The van der Waals surface area contributed by atoms with Gasteiger partial charge in [-0.3, -0.25) is 4.98 Å². The van der Waals surface area contributed by atoms with Crippen molar-refractivity contribution in [3.63, 3.8) is 0 Å². The smallest absolute Gasteiger partial charge is 0.286 e. The number of pyridine rings is 1. The average Bonchev–Trinajstić information content (AvgIpc) is 2.78. The van der Waals surface area contributed by atoms with Gasteiger partial charge in [-0.2, -0.15) is 8.78 Å². The molecule has 1 N–H and O–H groups in total. The zero-order valence-corrected chi connectivity index (χ0v) is 21.3. The summed E-state index contributed by atoms with van der Waals surface area (Å²) in [6, 6.07) is 2.93. The highest BCUT2D eigenvalue weighted by molar-refractivity contribution is 5.57. The normalized spacial score (nSPS) is 13.2. The molecule has 0 saturated heterocycles. The van der Waals surface area contributed by atoms with Gasteiger partial charge in [0, 0.05) is 18.2 Å². The molecule has 1 heterocycles. The molecule has 0 unspecified atom stereocenters. The van der Waals surface area contributed by atoms with Crippen molar-refractivity contribution in [2.24, 2.45) is 5.92 Å². The Bertz CT molecular complexity index is 837. The van der Waals surface area contributed by atoms with Gasteiger partial charge in [0.15, 0.2) is 0 Å². The minimum Gasteiger partial charge on any atom is -0.354 e. The van der Waals surface area contributed by atoms with Crippen molar-refractivity contribution in [3.05, 3.63) is 96.6 Å². The van der Waals surface area contributed by atoms with E-state index >= 15 is 0 Å². The van der Waals surface area contributed by atoms with Gasteiger partial charge in [-0.15, -0.1) is 0 Å². The topological polar surface area (TPSA) is 24.9 Å². The van der Waals surface area contributed by atoms with E-state index in [0.717, 1.165) is 49.5 Å². The Morgan fingerprint density at radius 2 is 1.88 bits per heavy atom. The van der Waals surface area contributed by atoms with Crippen molar-refractivity contribution in [1.29, 1.82) is 0 Å². The zero-order valence-electron chi connectivity index (χ0n) is 21.3. The summed E-state index contributed by atoms with van der Waals surface area (Å²) in [6.45, 7) is 22.9. The van der Waals surface area contributed by atoms with Crippen LogP contribution in [-0.4, -0.2) is 4.98 Å². The number of halogens is 2. The number of anilines is 1. The molecular formula is C29H42F2N2. The quantitative estimate of drug-likeness (QED) is 0.317. The highest BCUT2D eigenvalue weighted by Gasteiger charge is 2.25. The van der Waals surface area contributed by atoms with E-state index in [1.54, 1.807) is 6.07 Å². The minimum atomic E-state index is -2.94. The summed E-state index contributed by atoms with van der Waals surface area (Å²) >= 11 is 0. The first kappa shape index (κ1) is 30.2. The Labute approximate surface area is 200 Å². The van der Waals surface area contributed by atoms with Crippen molar-refractivity contribution in [2.45, 2.75) is 73.1 Å². The average molecular weight is 457 g/mol. The Hall–Kier alpha value is -2.75. The predicted molar refractivity (Wildman–Crippen MR) is 142 cm³/mol. The number of nitrogens with zero attached hydrogens (tertiary/aromatic N) is 1. The van der Waals surface area contributed by atoms with Gasteiger partial charge in [0.05, 0.1) is 11.9 Å². The van der Waals surface area contributed by atoms with Crippen LogP contribution in [0.25, 0.3) is 0 Å². The van der Waals surface area contributed by atoms with E-state index in [1.807, 2.05) is 31.2 Å². The summed E-state index contributed by atoms with van der Waals surface area (Å²) in [7, 11) is 0. The van der Waals surface area contributed by atoms with Gasteiger partial charge in [-0.05, 0) is 49.8 Å². The van der Waals surface area contributed by atoms with Gasteiger partial charge in [-0.1, -0.05) is 89.8 Å². The molecule has 182 valence electrons. The highest BCUT2D eigenvalue weighted by atomic mass is 19.3. The number of hydrogen-bond acceptors (Lipinski definition) is 2. The molecule has 0 aliphatic heterocycles. The minimum absolute atomic E-state index is 0.245. The lowest BCUT2D eigenvalue weighted by Crippen LogP contribution is -2.10. The van der Waals surface area contributed by atoms with Crippen LogP contribution in [0.3, 0.4) is 0 Å². The van der Waals surface area contributed by atoms with E-state index in [4.69, 9.17) is 0 Å². The van der Waals surface area contributed by atoms with Crippen molar-refractivity contribution in [3.8, 4) is 0 Å². The van der Waals surface area contributed by atoms with Crippen LogP contribution < -0.4 is 5.32 Å². The fourth-order valence-corrected chi connectivity index (χ4v) is 2.89. The molecule has 0 fully saturated rings. The van der Waals surface area contributed by atoms with Crippen LogP contribution in [0.1, 0.15) is 72.9 Å². The number of nitrogens with one attached hydrogen (secondary N) is 1. The lowest BCUT2D eigenvalue weighted by atomic mass is 9.97. The summed E-state index contributed by atoms with van der Waals surface area (Å²) in [5.74, 6) is -2.34. The van der Waals surface area contributed by atoms with Crippen molar-refractivity contribution < 1.29 is 8.78 Å². The maximum Gasteiger partial charge on any atom is 0.286 e. The molecule has 0 aromatic carbocycles. The maximum atomic E-state index is 13.3. The third kappa shape index (κ3) is 11.6. The van der Waals surface area contributed by atoms with E-state index in [1.165, 1.54) is 17.8 Å². The van der Waals surface area contributed by atoms with Crippen LogP contribution in [0.5, 0.6) is 0 Å². The van der Waals surface area contributed by atoms with Crippen LogP contribution in [0.2, 0.25) is 0 Å². The van der Waals surface area contributed by atoms with Gasteiger partial charge >= 0.3 is 0 Å². The number of hydrogen-bond donors (Lipinski definition) is 1. The molecule has 33 heavy (non-hydrogen) atoms. The van der Waals surface area contributed by atoms with Gasteiger partial charge < -0.3 is 5.32 Å². The molecule has 1 rings (SSSR count). The molecule has 4 heteroatoms. The summed E-state index contributed by atoms with van der Waals surface area (Å²) in [6.07, 6.45) is 15.5. The molecule has 2 nitrogen and oxygen atoms in total. The van der Waals surface area contributed by atoms with E-state index in [9.17, 15) is 8.78 Å². The number of alkyl halides is 2. The van der Waals surface area contributed by atoms with Gasteiger partial charge in [-0.25, -0.2) is 0 Å². The second kappa shape index (κ2) is 16.0. The van der Waals surface area contributed by atoms with Gasteiger partial charge in [0.25, 0.3) is 5.92 Å². The molecule has 0 radical (unpaired) electrons. The molecule has 1 atom stereocenters. The van der Waals surface area contributed by atoms with Crippen LogP contribution in [0.4, 0.5) is 14.5 Å². The van der Waals surface area contributed by atoms with Crippen LogP contribution in [-0.2, 0) is 5.92 Å². The lowest BCUT2D eigenvalue weighted by Gasteiger charge is -2.17. The molecule has 1 aromatic heterocycles. The summed E-state index contributed by atoms with van der Waals surface area (Å²) in [4.78, 5) is 3.84. The van der Waals surface area contributed by atoms with Crippen LogP contribution in [0, 0.1) is 5.92 Å². The molecule has 0 bridgehead atoms. The zero-order chi connectivity index (χ0) is 25.4. The number of rotatable bonds is 12. The highest BCUT2D eigenvalue weighted by Crippen LogP contribution is 2.28. The maximum absolute atomic E-state index is 13.3. The number of allylic oxidation sites excluding steroid dienone is 7. The fourth-order valence-electron chi connectivity index (χ4n) is 2.89. The van der Waals surface area contributed by atoms with Crippen molar-refractivity contribution >= 4 is 5.69 Å². The summed E-state index contributed by atoms with van der Waals surface area (Å²) in [5.41, 5.74) is 4.51. The largest absolute Gasteiger partial charge is 0.354 e. The fraction of sp³-hybridized carbons (Fsp3) is 0.414. The predicted octanol–water partition coefficient (Wildman–Crippen LogP) is 9.53. The Morgan fingerprint density at radius 3 is 2.27 bits per heavy atom. The van der Waals surface area contributed by atoms with E-state index in [0.29, 0.717) is 11.6 Å². The summed E-state index contributed by atoms with van der Waals surface area (Å²) in [5, 5.41) is 3.18. The second-order valence-electron chi connectivity index (χ2n) is 8.01. The van der Waals surface area contributed by atoms with Crippen LogP contribution >= 0.6 is 0 Å². The Balaban J connectivity index is 0.00000109. The number of aromatic nitrogens is 1. The lowest BCUT2D eigenvalue weighted by molar-refractivity contribution is 0.0128. The molecule has 0 saturated carbocycles. The van der Waals surface area contributed by atoms with Crippen molar-refractivity contribution in [2.75, 3.05) is 5.32 Å². The van der Waals surface area contributed by atoms with E-state index < -0.39 is 5.92 Å². The monoisotopic (exact) mass is 456 g/mol. The third-order valence-electron chi connectivity index (χ3n) is 5.11.